The van der Waals surface area contributed by atoms with Crippen molar-refractivity contribution in [1.29, 1.82) is 0 Å². The molecule has 0 aromatic heterocycles. The monoisotopic (exact) mass is 215 g/mol. The molecule has 0 radical (unpaired) electrons. The normalized spacial score (nSPS) is 18.0. The highest BCUT2D eigenvalue weighted by Crippen LogP contribution is 2.25. The number of hydrogen-bond acceptors (Lipinski definition) is 6. The number of nitrogens with zero attached hydrogens (tertiary/aromatic N) is 3. The minimum atomic E-state index is -2.61. The van der Waals surface area contributed by atoms with E-state index in [1.807, 2.05) is 0 Å². The predicted molar refractivity (Wildman–Crippen MR) is 45.6 cm³/mol. The number of hydrogen-bond donors (Lipinski definition) is 0. The van der Waals surface area contributed by atoms with Crippen molar-refractivity contribution in [3.8, 4) is 0 Å². The van der Waals surface area contributed by atoms with Gasteiger partial charge in [0.05, 0.1) is 4.92 Å². The van der Waals surface area contributed by atoms with Gasteiger partial charge in [0.25, 0.3) is 5.70 Å². The van der Waals surface area contributed by atoms with Gasteiger partial charge in [0.15, 0.2) is 0 Å². The standard InChI is InChI=1S/C6H5N3O6/c10-7(11)5-2-1-3-6(4-5,8(12)13)9(14)15/h1-2,4H,3H2. The van der Waals surface area contributed by atoms with Crippen LogP contribution in [0.5, 0.6) is 0 Å². The van der Waals surface area contributed by atoms with Crippen LogP contribution in [0.3, 0.4) is 0 Å². The Morgan fingerprint density at radius 1 is 1.13 bits per heavy atom. The second-order valence-electron chi connectivity index (χ2n) is 2.83. The first-order valence-corrected chi connectivity index (χ1v) is 3.73. The molecule has 0 heterocycles. The third-order valence-electron chi connectivity index (χ3n) is 1.93. The summed E-state index contributed by atoms with van der Waals surface area (Å²) in [7, 11) is 0. The Morgan fingerprint density at radius 2 is 1.67 bits per heavy atom. The van der Waals surface area contributed by atoms with Crippen LogP contribution in [0.1, 0.15) is 6.42 Å². The predicted octanol–water partition coefficient (Wildman–Crippen LogP) is 0.357. The van der Waals surface area contributed by atoms with E-state index in [0.29, 0.717) is 6.08 Å². The average molecular weight is 215 g/mol. The molecule has 0 saturated heterocycles. The van der Waals surface area contributed by atoms with Crippen LogP contribution in [0, 0.1) is 30.3 Å². The van der Waals surface area contributed by atoms with E-state index in [-0.39, 0.29) is 0 Å². The van der Waals surface area contributed by atoms with Crippen molar-refractivity contribution in [2.45, 2.75) is 12.1 Å². The molecule has 1 rings (SSSR count). The number of rotatable bonds is 3. The van der Waals surface area contributed by atoms with Crippen LogP contribution in [0.15, 0.2) is 23.9 Å². The maximum Gasteiger partial charge on any atom is 0.487 e. The van der Waals surface area contributed by atoms with Crippen LogP contribution < -0.4 is 0 Å². The van der Waals surface area contributed by atoms with Gasteiger partial charge >= 0.3 is 5.66 Å². The van der Waals surface area contributed by atoms with Crippen LogP contribution in [0.2, 0.25) is 0 Å². The lowest BCUT2D eigenvalue weighted by Gasteiger charge is -2.13. The van der Waals surface area contributed by atoms with Gasteiger partial charge < -0.3 is 0 Å². The minimum Gasteiger partial charge on any atom is -0.258 e. The quantitative estimate of drug-likeness (QED) is 0.379. The fraction of sp³-hybridized carbons (Fsp3) is 0.333. The lowest BCUT2D eigenvalue weighted by Crippen LogP contribution is -2.45. The molecule has 1 aliphatic rings. The van der Waals surface area contributed by atoms with Crippen LogP contribution in [0.25, 0.3) is 0 Å². The topological polar surface area (TPSA) is 129 Å². The molecule has 0 fully saturated rings. The summed E-state index contributed by atoms with van der Waals surface area (Å²) in [5.41, 5.74) is -3.26. The number of allylic oxidation sites excluding steroid dienone is 1. The highest BCUT2D eigenvalue weighted by molar-refractivity contribution is 5.20. The summed E-state index contributed by atoms with van der Waals surface area (Å²) in [6.45, 7) is 0. The van der Waals surface area contributed by atoms with E-state index in [9.17, 15) is 30.3 Å². The van der Waals surface area contributed by atoms with Gasteiger partial charge in [0.2, 0.25) is 0 Å². The molecule has 15 heavy (non-hydrogen) atoms. The van der Waals surface area contributed by atoms with Crippen molar-refractivity contribution in [2.24, 2.45) is 0 Å². The van der Waals surface area contributed by atoms with Gasteiger partial charge in [0.1, 0.15) is 22.3 Å². The van der Waals surface area contributed by atoms with Crippen molar-refractivity contribution < 1.29 is 14.8 Å². The maximum absolute atomic E-state index is 10.5. The molecule has 0 atom stereocenters. The third-order valence-corrected chi connectivity index (χ3v) is 1.93. The molecule has 0 bridgehead atoms. The largest absolute Gasteiger partial charge is 0.487 e. The molecule has 0 unspecified atom stereocenters. The van der Waals surface area contributed by atoms with Crippen LogP contribution in [-0.4, -0.2) is 20.4 Å². The molecule has 0 amide bonds. The SMILES string of the molecule is O=[N+]([O-])C1=CC([N+](=O)[O-])([N+](=O)[O-])CC=C1. The molecular weight excluding hydrogens is 210 g/mol. The molecule has 0 aromatic carbocycles. The highest BCUT2D eigenvalue weighted by atomic mass is 16.7. The third kappa shape index (κ3) is 1.66. The summed E-state index contributed by atoms with van der Waals surface area (Å²) in [6, 6.07) is 0. The second kappa shape index (κ2) is 3.44. The average Bonchev–Trinajstić information content (AvgIpc) is 2.17. The zero-order chi connectivity index (χ0) is 11.6. The van der Waals surface area contributed by atoms with Crippen molar-refractivity contribution in [1.82, 2.24) is 0 Å². The van der Waals surface area contributed by atoms with Crippen molar-refractivity contribution in [3.05, 3.63) is 54.3 Å². The van der Waals surface area contributed by atoms with Crippen molar-refractivity contribution in [3.63, 3.8) is 0 Å². The Labute approximate surface area is 82.1 Å². The van der Waals surface area contributed by atoms with Gasteiger partial charge in [-0.3, -0.25) is 30.3 Å². The fourth-order valence-corrected chi connectivity index (χ4v) is 1.13. The molecule has 0 saturated carbocycles. The van der Waals surface area contributed by atoms with E-state index in [1.165, 1.54) is 0 Å². The van der Waals surface area contributed by atoms with E-state index in [1.54, 1.807) is 0 Å². The van der Waals surface area contributed by atoms with Gasteiger partial charge in [-0.05, 0) is 0 Å². The Morgan fingerprint density at radius 3 is 2.07 bits per heavy atom. The van der Waals surface area contributed by atoms with Gasteiger partial charge in [-0.25, -0.2) is 0 Å². The summed E-state index contributed by atoms with van der Waals surface area (Å²) >= 11 is 0. The Hall–Kier alpha value is -2.32. The minimum absolute atomic E-state index is 0.451. The van der Waals surface area contributed by atoms with Crippen LogP contribution >= 0.6 is 0 Å². The van der Waals surface area contributed by atoms with E-state index in [4.69, 9.17) is 0 Å². The van der Waals surface area contributed by atoms with Crippen LogP contribution in [0.4, 0.5) is 0 Å². The molecule has 0 aromatic rings. The Kier molecular flexibility index (Phi) is 2.47. The zero-order valence-electron chi connectivity index (χ0n) is 7.23. The van der Waals surface area contributed by atoms with E-state index in [0.717, 1.165) is 12.2 Å². The molecule has 0 aliphatic heterocycles. The smallest absolute Gasteiger partial charge is 0.258 e. The molecule has 1 aliphatic carbocycles. The first-order valence-electron chi connectivity index (χ1n) is 3.73. The molecule has 80 valence electrons. The summed E-state index contributed by atoms with van der Waals surface area (Å²) in [4.78, 5) is 28.2. The first-order chi connectivity index (χ1) is 6.90. The summed E-state index contributed by atoms with van der Waals surface area (Å²) in [6.07, 6.45) is 2.01. The van der Waals surface area contributed by atoms with Crippen molar-refractivity contribution in [2.75, 3.05) is 0 Å². The van der Waals surface area contributed by atoms with Gasteiger partial charge in [0, 0.05) is 6.08 Å². The molecule has 0 N–H and O–H groups in total. The number of nitro groups is 3. The first kappa shape index (κ1) is 10.8. The van der Waals surface area contributed by atoms with Crippen LogP contribution in [-0.2, 0) is 0 Å². The molecular formula is C6H5N3O6. The molecule has 9 heteroatoms. The molecule has 9 nitrogen and oxygen atoms in total. The Balaban J connectivity index is 3.25. The van der Waals surface area contributed by atoms with Gasteiger partial charge in [-0.15, -0.1) is 0 Å². The fourth-order valence-electron chi connectivity index (χ4n) is 1.13. The van der Waals surface area contributed by atoms with Crippen molar-refractivity contribution >= 4 is 0 Å². The van der Waals surface area contributed by atoms with E-state index < -0.39 is 32.6 Å². The van der Waals surface area contributed by atoms with Gasteiger partial charge in [-0.1, -0.05) is 6.08 Å². The second-order valence-corrected chi connectivity index (χ2v) is 2.83. The summed E-state index contributed by atoms with van der Waals surface area (Å²) < 4.78 is 0. The Bertz CT molecular complexity index is 384. The lowest BCUT2D eigenvalue weighted by molar-refractivity contribution is -0.781. The lowest BCUT2D eigenvalue weighted by atomic mass is 10.0. The van der Waals surface area contributed by atoms with E-state index >= 15 is 0 Å². The highest BCUT2D eigenvalue weighted by Gasteiger charge is 2.56. The summed E-state index contributed by atoms with van der Waals surface area (Å²) in [5, 5.41) is 31.4. The molecule has 0 spiro atoms. The summed E-state index contributed by atoms with van der Waals surface area (Å²) in [5.74, 6) is 0. The zero-order valence-corrected chi connectivity index (χ0v) is 7.23. The maximum atomic E-state index is 10.5. The van der Waals surface area contributed by atoms with E-state index in [2.05, 4.69) is 0 Å². The van der Waals surface area contributed by atoms with Gasteiger partial charge in [-0.2, -0.15) is 0 Å².